The van der Waals surface area contributed by atoms with E-state index < -0.39 is 109 Å². The normalized spacial score (nSPS) is 15.5. The molecule has 0 aliphatic carbocycles. The van der Waals surface area contributed by atoms with Gasteiger partial charge in [0.25, 0.3) is 0 Å². The number of hydrogen-bond acceptors (Lipinski definition) is 14. The van der Waals surface area contributed by atoms with Crippen molar-refractivity contribution in [1.82, 2.24) is 31.9 Å². The fraction of sp³-hybridized carbons (Fsp3) is 0.690. The van der Waals surface area contributed by atoms with Crippen molar-refractivity contribution < 1.29 is 53.7 Å². The molecule has 17 N–H and O–H groups in total. The summed E-state index contributed by atoms with van der Waals surface area (Å²) in [7, 11) is 0. The Morgan fingerprint density at radius 2 is 1.17 bits per heavy atom. The maximum Gasteiger partial charge on any atom is 0.305 e. The van der Waals surface area contributed by atoms with Crippen LogP contribution < -0.4 is 54.8 Å². The Morgan fingerprint density at radius 3 is 1.64 bits per heavy atom. The standard InChI is InChI=1S/C29H53N11O11S2/c1-12(2)7-16(25(48)39-19(11-53)22(31)45)37-28(51)21(13(3)42)40-26(49)17(8-20(43)44)36-27(50)18(9-41)38-24(47)15(5-4-6-34-29(32)33)35-23(46)14(30)10-52/h12-19,21,41-42,52-53H,4-11,30H2,1-3H3,(H2,31,45)(H,35,46)(H,36,50)(H,37,51)(H,38,47)(H,39,48)(H,40,49)(H,43,44)(H4,32,33,34)/t13-,14+,15+,16+,17-,18+,19+,21+/m1/s1. The van der Waals surface area contributed by atoms with E-state index in [1.165, 1.54) is 0 Å². The number of nitrogens with two attached hydrogens (primary N) is 4. The summed E-state index contributed by atoms with van der Waals surface area (Å²) in [5.41, 5.74) is 21.5. The van der Waals surface area contributed by atoms with Crippen LogP contribution in [0.5, 0.6) is 0 Å². The lowest BCUT2D eigenvalue weighted by Gasteiger charge is -2.28. The Morgan fingerprint density at radius 1 is 0.679 bits per heavy atom. The van der Waals surface area contributed by atoms with E-state index in [4.69, 9.17) is 22.9 Å². The van der Waals surface area contributed by atoms with Crippen LogP contribution in [0.15, 0.2) is 4.99 Å². The van der Waals surface area contributed by atoms with Crippen molar-refractivity contribution in [2.24, 2.45) is 33.8 Å². The molecule has 8 atom stereocenters. The third-order valence-corrected chi connectivity index (χ3v) is 7.94. The molecule has 0 aliphatic heterocycles. The summed E-state index contributed by atoms with van der Waals surface area (Å²) in [6.45, 7) is 3.60. The average molecular weight is 796 g/mol. The number of carbonyl (C=O) groups is 8. The Hall–Kier alpha value is -4.39. The number of carboxylic acids is 1. The molecule has 22 nitrogen and oxygen atoms in total. The van der Waals surface area contributed by atoms with E-state index in [9.17, 15) is 53.7 Å². The number of hydrogen-bond donors (Lipinski definition) is 15. The third kappa shape index (κ3) is 18.8. The molecule has 0 aliphatic rings. The molecule has 0 rings (SSSR count). The van der Waals surface area contributed by atoms with Crippen LogP contribution >= 0.6 is 25.3 Å². The zero-order valence-corrected chi connectivity index (χ0v) is 31.4. The number of aliphatic hydroxyl groups is 2. The quantitative estimate of drug-likeness (QED) is 0.0177. The van der Waals surface area contributed by atoms with Gasteiger partial charge in [0.2, 0.25) is 41.4 Å². The maximum absolute atomic E-state index is 13.3. The number of guanidine groups is 1. The second kappa shape index (κ2) is 24.8. The lowest BCUT2D eigenvalue weighted by molar-refractivity contribution is -0.142. The van der Waals surface area contributed by atoms with E-state index in [-0.39, 0.29) is 49.2 Å². The molecule has 0 aromatic rings. The van der Waals surface area contributed by atoms with Crippen LogP contribution in [0.25, 0.3) is 0 Å². The lowest BCUT2D eigenvalue weighted by Crippen LogP contribution is -2.62. The summed E-state index contributed by atoms with van der Waals surface area (Å²) in [5.74, 6) is -9.20. The zero-order valence-electron chi connectivity index (χ0n) is 29.6. The van der Waals surface area contributed by atoms with Gasteiger partial charge in [0.05, 0.1) is 25.2 Å². The van der Waals surface area contributed by atoms with Gasteiger partial charge in [-0.05, 0) is 32.1 Å². The van der Waals surface area contributed by atoms with Gasteiger partial charge < -0.3 is 70.2 Å². The molecule has 53 heavy (non-hydrogen) atoms. The van der Waals surface area contributed by atoms with Crippen LogP contribution in [0, 0.1) is 5.92 Å². The van der Waals surface area contributed by atoms with Gasteiger partial charge in [-0.1, -0.05) is 13.8 Å². The number of aliphatic hydroxyl groups excluding tert-OH is 2. The fourth-order valence-corrected chi connectivity index (χ4v) is 4.80. The van der Waals surface area contributed by atoms with Crippen molar-refractivity contribution in [1.29, 1.82) is 0 Å². The van der Waals surface area contributed by atoms with Crippen molar-refractivity contribution >= 4 is 78.5 Å². The number of aliphatic imine (C=N–C) groups is 1. The molecule has 7 amide bonds. The van der Waals surface area contributed by atoms with Crippen LogP contribution in [-0.2, 0) is 38.4 Å². The van der Waals surface area contributed by atoms with Gasteiger partial charge in [0, 0.05) is 18.1 Å². The zero-order chi connectivity index (χ0) is 41.0. The highest BCUT2D eigenvalue weighted by molar-refractivity contribution is 7.80. The van der Waals surface area contributed by atoms with E-state index in [0.29, 0.717) is 0 Å². The maximum atomic E-state index is 13.3. The van der Waals surface area contributed by atoms with Crippen molar-refractivity contribution in [3.8, 4) is 0 Å². The highest BCUT2D eigenvalue weighted by Gasteiger charge is 2.35. The molecule has 0 unspecified atom stereocenters. The van der Waals surface area contributed by atoms with Crippen LogP contribution in [0.2, 0.25) is 0 Å². The van der Waals surface area contributed by atoms with Gasteiger partial charge in [-0.25, -0.2) is 0 Å². The smallest absolute Gasteiger partial charge is 0.305 e. The van der Waals surface area contributed by atoms with Gasteiger partial charge in [-0.2, -0.15) is 25.3 Å². The lowest BCUT2D eigenvalue weighted by atomic mass is 10.0. The number of carboxylic acid groups (broad SMARTS) is 1. The number of rotatable bonds is 25. The molecule has 0 radical (unpaired) electrons. The molecule has 24 heteroatoms. The first kappa shape index (κ1) is 48.6. The third-order valence-electron chi connectivity index (χ3n) is 7.18. The molecule has 0 aromatic heterocycles. The summed E-state index contributed by atoms with van der Waals surface area (Å²) in [6.07, 6.45) is -2.52. The van der Waals surface area contributed by atoms with Gasteiger partial charge in [-0.15, -0.1) is 0 Å². The van der Waals surface area contributed by atoms with E-state index in [0.717, 1.165) is 6.92 Å². The predicted molar refractivity (Wildman–Crippen MR) is 197 cm³/mol. The van der Waals surface area contributed by atoms with Crippen molar-refractivity contribution in [2.75, 3.05) is 24.7 Å². The monoisotopic (exact) mass is 795 g/mol. The highest BCUT2D eigenvalue weighted by atomic mass is 32.1. The Balaban J connectivity index is 6.05. The predicted octanol–water partition coefficient (Wildman–Crippen LogP) is -6.49. The first-order valence-electron chi connectivity index (χ1n) is 16.3. The molecule has 302 valence electrons. The number of aliphatic carboxylic acids is 1. The van der Waals surface area contributed by atoms with E-state index in [2.05, 4.69) is 62.2 Å². The summed E-state index contributed by atoms with van der Waals surface area (Å²) < 4.78 is 0. The number of nitrogens with zero attached hydrogens (tertiary/aromatic N) is 1. The Kier molecular flexibility index (Phi) is 22.7. The number of carbonyl (C=O) groups excluding carboxylic acids is 7. The van der Waals surface area contributed by atoms with Gasteiger partial charge >= 0.3 is 5.97 Å². The van der Waals surface area contributed by atoms with Crippen molar-refractivity contribution in [3.63, 3.8) is 0 Å². The fourth-order valence-electron chi connectivity index (χ4n) is 4.36. The van der Waals surface area contributed by atoms with E-state index in [1.54, 1.807) is 13.8 Å². The first-order chi connectivity index (χ1) is 24.7. The van der Waals surface area contributed by atoms with Crippen LogP contribution in [0.1, 0.15) is 46.5 Å². The Labute approximate surface area is 316 Å². The topological polar surface area (TPSA) is 386 Å². The van der Waals surface area contributed by atoms with Gasteiger partial charge in [0.15, 0.2) is 5.96 Å². The largest absolute Gasteiger partial charge is 0.481 e. The highest BCUT2D eigenvalue weighted by Crippen LogP contribution is 2.08. The molecule has 0 spiro atoms. The van der Waals surface area contributed by atoms with Crippen molar-refractivity contribution in [2.45, 2.75) is 94.9 Å². The first-order valence-corrected chi connectivity index (χ1v) is 17.6. The van der Waals surface area contributed by atoms with Crippen LogP contribution in [0.3, 0.4) is 0 Å². The average Bonchev–Trinajstić information content (AvgIpc) is 3.07. The molecular weight excluding hydrogens is 743 g/mol. The minimum Gasteiger partial charge on any atom is -0.481 e. The SMILES string of the molecule is CC(C)C[C@H](NC(=O)[C@@H](NC(=O)[C@@H](CC(=O)O)NC(=O)[C@H](CO)NC(=O)[C@H](CCCN=C(N)N)NC(=O)[C@@H](N)CS)[C@@H](C)O)C(=O)N[C@@H](CS)C(N)=O. The molecule has 0 aromatic carbocycles. The summed E-state index contributed by atoms with van der Waals surface area (Å²) >= 11 is 7.91. The van der Waals surface area contributed by atoms with Crippen LogP contribution in [0.4, 0.5) is 0 Å². The summed E-state index contributed by atoms with van der Waals surface area (Å²) in [4.78, 5) is 105. The molecule has 0 heterocycles. The summed E-state index contributed by atoms with van der Waals surface area (Å²) in [5, 5.41) is 43.3. The second-order valence-corrected chi connectivity index (χ2v) is 13.0. The minimum absolute atomic E-state index is 0.0465. The number of primary amides is 1. The summed E-state index contributed by atoms with van der Waals surface area (Å²) in [6, 6.07) is -10.4. The number of amides is 7. The molecule has 0 fully saturated rings. The second-order valence-electron chi connectivity index (χ2n) is 12.3. The molecule has 0 saturated carbocycles. The van der Waals surface area contributed by atoms with E-state index in [1.807, 2.05) is 0 Å². The van der Waals surface area contributed by atoms with Crippen LogP contribution in [-0.4, -0.2) is 142 Å². The van der Waals surface area contributed by atoms with Gasteiger partial charge in [-0.3, -0.25) is 43.3 Å². The molecule has 0 saturated heterocycles. The number of nitrogens with one attached hydrogen (secondary N) is 6. The van der Waals surface area contributed by atoms with E-state index >= 15 is 0 Å². The molecule has 0 bridgehead atoms. The number of thiol groups is 2. The van der Waals surface area contributed by atoms with Crippen molar-refractivity contribution in [3.05, 3.63) is 0 Å². The Bertz CT molecular complexity index is 1320. The van der Waals surface area contributed by atoms with Gasteiger partial charge in [0.1, 0.15) is 36.3 Å². The minimum atomic E-state index is -1.93. The molecular formula is C29H53N11O11S2.